The fourth-order valence-electron chi connectivity index (χ4n) is 2.55. The van der Waals surface area contributed by atoms with Gasteiger partial charge in [0, 0.05) is 31.8 Å². The number of hydrogen-bond acceptors (Lipinski definition) is 5. The van der Waals surface area contributed by atoms with Gasteiger partial charge in [0.15, 0.2) is 11.5 Å². The zero-order valence-corrected chi connectivity index (χ0v) is 15.7. The summed E-state index contributed by atoms with van der Waals surface area (Å²) in [6, 6.07) is 5.85. The monoisotopic (exact) mass is 366 g/mol. The van der Waals surface area contributed by atoms with Gasteiger partial charge in [-0.15, -0.1) is 0 Å². The van der Waals surface area contributed by atoms with E-state index in [0.29, 0.717) is 32.7 Å². The SMILES string of the molecule is CCOc1ccc(CCNC(=O)CCN2CCSC2=O)cc1OCC. The average Bonchev–Trinajstić information content (AvgIpc) is 3.01. The van der Waals surface area contributed by atoms with Gasteiger partial charge in [0.1, 0.15) is 0 Å². The summed E-state index contributed by atoms with van der Waals surface area (Å²) >= 11 is 1.32. The molecule has 1 aromatic carbocycles. The van der Waals surface area contributed by atoms with Crippen molar-refractivity contribution >= 4 is 22.9 Å². The molecule has 7 heteroatoms. The lowest BCUT2D eigenvalue weighted by Gasteiger charge is -2.14. The number of rotatable bonds is 10. The van der Waals surface area contributed by atoms with Crippen LogP contribution in [0.1, 0.15) is 25.8 Å². The van der Waals surface area contributed by atoms with Crippen molar-refractivity contribution in [2.75, 3.05) is 38.6 Å². The second-order valence-corrected chi connectivity index (χ2v) is 6.64. The number of amides is 2. The third kappa shape index (κ3) is 6.16. The molecule has 138 valence electrons. The molecular weight excluding hydrogens is 340 g/mol. The Kier molecular flexibility index (Phi) is 7.91. The minimum absolute atomic E-state index is 0.0272. The van der Waals surface area contributed by atoms with E-state index in [0.717, 1.165) is 35.8 Å². The van der Waals surface area contributed by atoms with E-state index in [-0.39, 0.29) is 11.1 Å². The third-order valence-corrected chi connectivity index (χ3v) is 4.69. The van der Waals surface area contributed by atoms with E-state index < -0.39 is 0 Å². The Morgan fingerprint density at radius 1 is 1.24 bits per heavy atom. The summed E-state index contributed by atoms with van der Waals surface area (Å²) in [5.74, 6) is 2.27. The highest BCUT2D eigenvalue weighted by Crippen LogP contribution is 2.28. The molecule has 0 spiro atoms. The number of carbonyl (C=O) groups excluding carboxylic acids is 2. The van der Waals surface area contributed by atoms with E-state index in [4.69, 9.17) is 9.47 Å². The molecule has 25 heavy (non-hydrogen) atoms. The summed E-state index contributed by atoms with van der Waals surface area (Å²) in [5.41, 5.74) is 1.08. The molecule has 0 aromatic heterocycles. The maximum atomic E-state index is 11.9. The number of benzene rings is 1. The van der Waals surface area contributed by atoms with Crippen molar-refractivity contribution in [3.63, 3.8) is 0 Å². The maximum Gasteiger partial charge on any atom is 0.281 e. The minimum atomic E-state index is -0.0272. The highest BCUT2D eigenvalue weighted by atomic mass is 32.2. The zero-order chi connectivity index (χ0) is 18.1. The van der Waals surface area contributed by atoms with Gasteiger partial charge in [-0.25, -0.2) is 0 Å². The lowest BCUT2D eigenvalue weighted by Crippen LogP contribution is -2.31. The molecule has 2 amide bonds. The van der Waals surface area contributed by atoms with Crippen LogP contribution in [-0.4, -0.2) is 54.6 Å². The summed E-state index contributed by atoms with van der Waals surface area (Å²) < 4.78 is 11.2. The van der Waals surface area contributed by atoms with Crippen molar-refractivity contribution < 1.29 is 19.1 Å². The fraction of sp³-hybridized carbons (Fsp3) is 0.556. The Balaban J connectivity index is 1.75. The zero-order valence-electron chi connectivity index (χ0n) is 14.9. The Morgan fingerprint density at radius 2 is 2.00 bits per heavy atom. The van der Waals surface area contributed by atoms with Crippen LogP contribution in [0.4, 0.5) is 4.79 Å². The van der Waals surface area contributed by atoms with Crippen molar-refractivity contribution in [3.05, 3.63) is 23.8 Å². The number of nitrogens with one attached hydrogen (secondary N) is 1. The van der Waals surface area contributed by atoms with Crippen LogP contribution in [0.3, 0.4) is 0 Å². The van der Waals surface area contributed by atoms with E-state index in [1.807, 2.05) is 32.0 Å². The smallest absolute Gasteiger partial charge is 0.281 e. The fourth-order valence-corrected chi connectivity index (χ4v) is 3.40. The molecular formula is C18H26N2O4S. The Labute approximate surface area is 153 Å². The second kappa shape index (κ2) is 10.2. The lowest BCUT2D eigenvalue weighted by molar-refractivity contribution is -0.121. The third-order valence-electron chi connectivity index (χ3n) is 3.80. The van der Waals surface area contributed by atoms with E-state index in [9.17, 15) is 9.59 Å². The van der Waals surface area contributed by atoms with Gasteiger partial charge >= 0.3 is 0 Å². The van der Waals surface area contributed by atoms with Crippen LogP contribution in [-0.2, 0) is 11.2 Å². The highest BCUT2D eigenvalue weighted by Gasteiger charge is 2.21. The minimum Gasteiger partial charge on any atom is -0.490 e. The lowest BCUT2D eigenvalue weighted by atomic mass is 10.1. The van der Waals surface area contributed by atoms with Crippen molar-refractivity contribution in [1.82, 2.24) is 10.2 Å². The van der Waals surface area contributed by atoms with Crippen LogP contribution in [0.15, 0.2) is 18.2 Å². The molecule has 0 radical (unpaired) electrons. The van der Waals surface area contributed by atoms with Gasteiger partial charge < -0.3 is 19.7 Å². The van der Waals surface area contributed by atoms with Crippen molar-refractivity contribution in [1.29, 1.82) is 0 Å². The van der Waals surface area contributed by atoms with Gasteiger partial charge in [0.2, 0.25) is 5.91 Å². The summed E-state index contributed by atoms with van der Waals surface area (Å²) in [6.07, 6.45) is 1.07. The van der Waals surface area contributed by atoms with E-state index >= 15 is 0 Å². The largest absolute Gasteiger partial charge is 0.490 e. The topological polar surface area (TPSA) is 67.9 Å². The molecule has 1 heterocycles. The number of carbonyl (C=O) groups is 2. The molecule has 1 aromatic rings. The maximum absolute atomic E-state index is 11.9. The van der Waals surface area contributed by atoms with Crippen LogP contribution in [0.25, 0.3) is 0 Å². The quantitative estimate of drug-likeness (QED) is 0.690. The predicted molar refractivity (Wildman–Crippen MR) is 99.5 cm³/mol. The van der Waals surface area contributed by atoms with Gasteiger partial charge in [0.25, 0.3) is 5.24 Å². The van der Waals surface area contributed by atoms with Crippen LogP contribution < -0.4 is 14.8 Å². The molecule has 0 saturated carbocycles. The van der Waals surface area contributed by atoms with E-state index in [1.165, 1.54) is 11.8 Å². The molecule has 0 bridgehead atoms. The van der Waals surface area contributed by atoms with Crippen molar-refractivity contribution in [2.24, 2.45) is 0 Å². The van der Waals surface area contributed by atoms with Gasteiger partial charge in [-0.1, -0.05) is 17.8 Å². The van der Waals surface area contributed by atoms with Crippen LogP contribution >= 0.6 is 11.8 Å². The van der Waals surface area contributed by atoms with Crippen LogP contribution in [0, 0.1) is 0 Å². The Bertz CT molecular complexity index is 594. The first-order valence-corrected chi connectivity index (χ1v) is 9.69. The number of ether oxygens (including phenoxy) is 2. The summed E-state index contributed by atoms with van der Waals surface area (Å²) in [6.45, 7) is 6.83. The molecule has 1 aliphatic heterocycles. The highest BCUT2D eigenvalue weighted by molar-refractivity contribution is 8.13. The molecule has 6 nitrogen and oxygen atoms in total. The van der Waals surface area contributed by atoms with Gasteiger partial charge in [-0.3, -0.25) is 9.59 Å². The number of thioether (sulfide) groups is 1. The molecule has 0 aliphatic carbocycles. The molecule has 0 atom stereocenters. The van der Waals surface area contributed by atoms with E-state index in [2.05, 4.69) is 5.32 Å². The van der Waals surface area contributed by atoms with Crippen LogP contribution in [0.2, 0.25) is 0 Å². The van der Waals surface area contributed by atoms with Gasteiger partial charge in [0.05, 0.1) is 13.2 Å². The molecule has 1 aliphatic rings. The first-order chi connectivity index (χ1) is 12.1. The van der Waals surface area contributed by atoms with Crippen LogP contribution in [0.5, 0.6) is 11.5 Å². The van der Waals surface area contributed by atoms with Crippen molar-refractivity contribution in [3.8, 4) is 11.5 Å². The summed E-state index contributed by atoms with van der Waals surface area (Å²) in [7, 11) is 0. The first-order valence-electron chi connectivity index (χ1n) is 8.71. The van der Waals surface area contributed by atoms with Gasteiger partial charge in [-0.2, -0.15) is 0 Å². The predicted octanol–water partition coefficient (Wildman–Crippen LogP) is 2.70. The molecule has 1 fully saturated rings. The average molecular weight is 366 g/mol. The first kappa shape index (κ1) is 19.4. The van der Waals surface area contributed by atoms with E-state index in [1.54, 1.807) is 4.90 Å². The standard InChI is InChI=1S/C18H26N2O4S/c1-3-23-15-6-5-14(13-16(15)24-4-2)7-9-19-17(21)8-10-20-11-12-25-18(20)22/h5-6,13H,3-4,7-12H2,1-2H3,(H,19,21). The molecule has 1 saturated heterocycles. The Morgan fingerprint density at radius 3 is 2.68 bits per heavy atom. The van der Waals surface area contributed by atoms with Gasteiger partial charge in [-0.05, 0) is 38.0 Å². The Hall–Kier alpha value is -1.89. The number of nitrogens with zero attached hydrogens (tertiary/aromatic N) is 1. The molecule has 0 unspecified atom stereocenters. The van der Waals surface area contributed by atoms with Crippen molar-refractivity contribution in [2.45, 2.75) is 26.7 Å². The molecule has 1 N–H and O–H groups in total. The normalized spacial score (nSPS) is 13.8. The summed E-state index contributed by atoms with van der Waals surface area (Å²) in [4.78, 5) is 25.1. The molecule has 2 rings (SSSR count). The number of hydrogen-bond donors (Lipinski definition) is 1. The second-order valence-electron chi connectivity index (χ2n) is 5.60. The summed E-state index contributed by atoms with van der Waals surface area (Å²) in [5, 5.41) is 2.98.